The van der Waals surface area contributed by atoms with Gasteiger partial charge in [-0.05, 0) is 59.4 Å². The highest BCUT2D eigenvalue weighted by molar-refractivity contribution is 5.79. The Hall–Kier alpha value is -1.54. The van der Waals surface area contributed by atoms with Crippen molar-refractivity contribution in [3.8, 4) is 0 Å². The van der Waals surface area contributed by atoms with E-state index in [0.29, 0.717) is 5.92 Å². The van der Waals surface area contributed by atoms with Crippen molar-refractivity contribution >= 4 is 12.1 Å². The van der Waals surface area contributed by atoms with Crippen molar-refractivity contribution in [2.75, 3.05) is 59.0 Å². The minimum atomic E-state index is -0.444. The van der Waals surface area contributed by atoms with E-state index in [2.05, 4.69) is 29.4 Å². The third kappa shape index (κ3) is 11.6. The van der Waals surface area contributed by atoms with E-state index in [4.69, 9.17) is 9.73 Å². The molecular formula is C22H45N5O3. The van der Waals surface area contributed by atoms with Crippen LogP contribution >= 0.6 is 0 Å². The number of nitrogens with one attached hydrogen (secondary N) is 2. The number of guanidine groups is 1. The Bertz CT molecular complexity index is 493. The molecule has 0 aromatic heterocycles. The highest BCUT2D eigenvalue weighted by Crippen LogP contribution is 2.12. The van der Waals surface area contributed by atoms with Crippen molar-refractivity contribution in [2.45, 2.75) is 65.9 Å². The molecule has 1 aliphatic rings. The number of piperazine rings is 1. The molecule has 0 radical (unpaired) electrons. The normalized spacial score (nSPS) is 17.0. The average Bonchev–Trinajstić information content (AvgIpc) is 2.68. The van der Waals surface area contributed by atoms with Gasteiger partial charge in [-0.25, -0.2) is 4.79 Å². The van der Waals surface area contributed by atoms with Crippen molar-refractivity contribution < 1.29 is 14.6 Å². The maximum atomic E-state index is 12.1. The fraction of sp³-hybridized carbons (Fsp3) is 0.909. The highest BCUT2D eigenvalue weighted by atomic mass is 16.6. The number of hydrogen-bond donors (Lipinski definition) is 3. The maximum absolute atomic E-state index is 12.1. The first-order chi connectivity index (χ1) is 14.3. The van der Waals surface area contributed by atoms with Gasteiger partial charge in [-0.2, -0.15) is 0 Å². The number of aliphatic imine (C=N–C) groups is 1. The zero-order valence-corrected chi connectivity index (χ0v) is 19.9. The molecule has 1 amide bonds. The highest BCUT2D eigenvalue weighted by Gasteiger charge is 2.25. The van der Waals surface area contributed by atoms with Gasteiger partial charge in [0.15, 0.2) is 5.96 Å². The molecule has 1 fully saturated rings. The maximum Gasteiger partial charge on any atom is 0.410 e. The molecule has 1 heterocycles. The molecule has 1 aliphatic heterocycles. The Labute approximate surface area is 183 Å². The van der Waals surface area contributed by atoms with E-state index >= 15 is 0 Å². The minimum absolute atomic E-state index is 0.210. The van der Waals surface area contributed by atoms with Crippen molar-refractivity contribution in [1.82, 2.24) is 20.4 Å². The molecule has 1 saturated heterocycles. The second-order valence-electron chi connectivity index (χ2n) is 8.98. The molecular weight excluding hydrogens is 382 g/mol. The van der Waals surface area contributed by atoms with Crippen molar-refractivity contribution in [3.63, 3.8) is 0 Å². The Morgan fingerprint density at radius 3 is 2.40 bits per heavy atom. The number of rotatable bonds is 11. The second-order valence-corrected chi connectivity index (χ2v) is 8.98. The monoisotopic (exact) mass is 427 g/mol. The summed E-state index contributed by atoms with van der Waals surface area (Å²) in [6.07, 6.45) is 3.83. The number of carbonyl (C=O) groups is 1. The summed E-state index contributed by atoms with van der Waals surface area (Å²) in [6, 6.07) is 0. The smallest absolute Gasteiger partial charge is 0.410 e. The Morgan fingerprint density at radius 2 is 1.83 bits per heavy atom. The van der Waals surface area contributed by atoms with Gasteiger partial charge in [0.05, 0.1) is 0 Å². The summed E-state index contributed by atoms with van der Waals surface area (Å²) in [5, 5.41) is 15.9. The fourth-order valence-electron chi connectivity index (χ4n) is 3.47. The summed E-state index contributed by atoms with van der Waals surface area (Å²) in [7, 11) is 0. The molecule has 0 spiro atoms. The number of ether oxygens (including phenoxy) is 1. The molecule has 8 nitrogen and oxygen atoms in total. The first kappa shape index (κ1) is 26.5. The van der Waals surface area contributed by atoms with Gasteiger partial charge in [0.25, 0.3) is 0 Å². The lowest BCUT2D eigenvalue weighted by Gasteiger charge is -2.35. The van der Waals surface area contributed by atoms with Crippen LogP contribution in [-0.2, 0) is 4.74 Å². The van der Waals surface area contributed by atoms with Gasteiger partial charge in [-0.3, -0.25) is 9.89 Å². The number of carbonyl (C=O) groups excluding carboxylic acids is 1. The lowest BCUT2D eigenvalue weighted by molar-refractivity contribution is 0.0145. The van der Waals surface area contributed by atoms with Gasteiger partial charge in [-0.15, -0.1) is 0 Å². The van der Waals surface area contributed by atoms with E-state index in [1.807, 2.05) is 20.8 Å². The van der Waals surface area contributed by atoms with Crippen LogP contribution in [0.5, 0.6) is 0 Å². The third-order valence-corrected chi connectivity index (χ3v) is 5.05. The summed E-state index contributed by atoms with van der Waals surface area (Å²) >= 11 is 0. The van der Waals surface area contributed by atoms with Gasteiger partial charge in [0.1, 0.15) is 5.60 Å². The van der Waals surface area contributed by atoms with Crippen LogP contribution in [0.1, 0.15) is 60.3 Å². The predicted octanol–water partition coefficient (Wildman–Crippen LogP) is 2.28. The number of amides is 1. The number of hydrogen-bond acceptors (Lipinski definition) is 5. The Kier molecular flexibility index (Phi) is 12.8. The topological polar surface area (TPSA) is 89.4 Å². The van der Waals surface area contributed by atoms with Crippen molar-refractivity contribution in [1.29, 1.82) is 0 Å². The van der Waals surface area contributed by atoms with E-state index < -0.39 is 5.60 Å². The molecule has 3 N–H and O–H groups in total. The van der Waals surface area contributed by atoms with Crippen LogP contribution in [0.4, 0.5) is 4.79 Å². The summed E-state index contributed by atoms with van der Waals surface area (Å²) < 4.78 is 5.45. The SMILES string of the molecule is CCCC(CCO)CN=C(NCC)NCCCN1CCN(C(=O)OC(C)(C)C)CC1. The fourth-order valence-corrected chi connectivity index (χ4v) is 3.47. The molecule has 30 heavy (non-hydrogen) atoms. The van der Waals surface area contributed by atoms with E-state index in [9.17, 15) is 9.90 Å². The summed E-state index contributed by atoms with van der Waals surface area (Å²) in [5.74, 6) is 1.29. The van der Waals surface area contributed by atoms with Gasteiger partial charge in [-0.1, -0.05) is 13.3 Å². The van der Waals surface area contributed by atoms with Gasteiger partial charge in [0.2, 0.25) is 0 Å². The van der Waals surface area contributed by atoms with Gasteiger partial charge in [0, 0.05) is 52.4 Å². The summed E-state index contributed by atoms with van der Waals surface area (Å²) in [6.45, 7) is 16.8. The molecule has 0 bridgehead atoms. The quantitative estimate of drug-likeness (QED) is 0.266. The van der Waals surface area contributed by atoms with Crippen LogP contribution in [0.2, 0.25) is 0 Å². The molecule has 176 valence electrons. The molecule has 1 rings (SSSR count). The first-order valence-electron chi connectivity index (χ1n) is 11.6. The molecule has 1 atom stereocenters. The first-order valence-corrected chi connectivity index (χ1v) is 11.6. The zero-order chi connectivity index (χ0) is 22.4. The molecule has 0 saturated carbocycles. The van der Waals surface area contributed by atoms with Crippen LogP contribution in [-0.4, -0.2) is 91.5 Å². The van der Waals surface area contributed by atoms with Crippen LogP contribution < -0.4 is 10.6 Å². The molecule has 8 heteroatoms. The Morgan fingerprint density at radius 1 is 1.13 bits per heavy atom. The number of nitrogens with zero attached hydrogens (tertiary/aromatic N) is 3. The molecule has 0 aromatic carbocycles. The van der Waals surface area contributed by atoms with Crippen molar-refractivity contribution in [2.24, 2.45) is 10.9 Å². The molecule has 1 unspecified atom stereocenters. The van der Waals surface area contributed by atoms with Crippen LogP contribution in [0.25, 0.3) is 0 Å². The van der Waals surface area contributed by atoms with E-state index in [-0.39, 0.29) is 12.7 Å². The third-order valence-electron chi connectivity index (χ3n) is 5.05. The predicted molar refractivity (Wildman–Crippen MR) is 123 cm³/mol. The van der Waals surface area contributed by atoms with E-state index in [0.717, 1.165) is 84.0 Å². The zero-order valence-electron chi connectivity index (χ0n) is 19.9. The van der Waals surface area contributed by atoms with E-state index in [1.165, 1.54) is 0 Å². The average molecular weight is 428 g/mol. The van der Waals surface area contributed by atoms with Crippen LogP contribution in [0.3, 0.4) is 0 Å². The van der Waals surface area contributed by atoms with Gasteiger partial charge < -0.3 is 25.4 Å². The summed E-state index contributed by atoms with van der Waals surface area (Å²) in [5.41, 5.74) is -0.444. The minimum Gasteiger partial charge on any atom is -0.444 e. The second kappa shape index (κ2) is 14.5. The largest absolute Gasteiger partial charge is 0.444 e. The number of aliphatic hydroxyl groups is 1. The van der Waals surface area contributed by atoms with Gasteiger partial charge >= 0.3 is 6.09 Å². The summed E-state index contributed by atoms with van der Waals surface area (Å²) in [4.78, 5) is 21.0. The van der Waals surface area contributed by atoms with E-state index in [1.54, 1.807) is 4.90 Å². The molecule has 0 aromatic rings. The van der Waals surface area contributed by atoms with Crippen molar-refractivity contribution in [3.05, 3.63) is 0 Å². The molecule has 0 aliphatic carbocycles. The standard InChI is InChI=1S/C22H45N5O3/c1-6-9-19(10-17-28)18-25-20(23-7-2)24-11-8-12-26-13-15-27(16-14-26)21(29)30-22(3,4)5/h19,28H,6-18H2,1-5H3,(H2,23,24,25). The Balaban J connectivity index is 2.30. The van der Waals surface area contributed by atoms with Crippen LogP contribution in [0, 0.1) is 5.92 Å². The lowest BCUT2D eigenvalue weighted by atomic mass is 10.0. The van der Waals surface area contributed by atoms with Crippen LogP contribution in [0.15, 0.2) is 4.99 Å². The number of aliphatic hydroxyl groups excluding tert-OH is 1. The lowest BCUT2D eigenvalue weighted by Crippen LogP contribution is -2.50.